The monoisotopic (exact) mass is 384 g/mol. The largest absolute Gasteiger partial charge is 0.480 e. The summed E-state index contributed by atoms with van der Waals surface area (Å²) in [5.74, 6) is 0.515. The normalized spacial score (nSPS) is 12.1. The van der Waals surface area contributed by atoms with Crippen molar-refractivity contribution < 1.29 is 13.9 Å². The first-order valence-corrected chi connectivity index (χ1v) is 9.36. The second-order valence-corrected chi connectivity index (χ2v) is 6.61. The lowest BCUT2D eigenvalue weighted by molar-refractivity contribution is -0.122. The molecule has 28 heavy (non-hydrogen) atoms. The highest BCUT2D eigenvalue weighted by Gasteiger charge is 2.19. The SMILES string of the molecule is CCCc1cc(=O)oc2c(C)c(OC(C)C(=O)Nc3cn(CC)nn3)ccc12. The molecule has 2 heterocycles. The molecule has 0 aliphatic rings. The van der Waals surface area contributed by atoms with Crippen LogP contribution in [0.15, 0.2) is 33.6 Å². The molecular weight excluding hydrogens is 360 g/mol. The first-order chi connectivity index (χ1) is 13.4. The summed E-state index contributed by atoms with van der Waals surface area (Å²) in [5.41, 5.74) is 1.74. The van der Waals surface area contributed by atoms with Gasteiger partial charge in [-0.25, -0.2) is 4.79 Å². The Kier molecular flexibility index (Phi) is 5.77. The molecule has 3 aromatic rings. The van der Waals surface area contributed by atoms with Gasteiger partial charge < -0.3 is 14.5 Å². The van der Waals surface area contributed by atoms with Gasteiger partial charge in [-0.1, -0.05) is 18.6 Å². The van der Waals surface area contributed by atoms with Crippen molar-refractivity contribution in [3.63, 3.8) is 0 Å². The molecule has 2 aromatic heterocycles. The molecule has 0 aliphatic heterocycles. The molecule has 1 aromatic carbocycles. The third-order valence-corrected chi connectivity index (χ3v) is 4.50. The van der Waals surface area contributed by atoms with Crippen LogP contribution in [-0.2, 0) is 17.8 Å². The van der Waals surface area contributed by atoms with E-state index in [0.29, 0.717) is 29.3 Å². The fourth-order valence-electron chi connectivity index (χ4n) is 2.99. The summed E-state index contributed by atoms with van der Waals surface area (Å²) in [6.45, 7) is 8.11. The van der Waals surface area contributed by atoms with E-state index in [1.165, 1.54) is 6.07 Å². The van der Waals surface area contributed by atoms with Crippen LogP contribution < -0.4 is 15.7 Å². The van der Waals surface area contributed by atoms with E-state index in [1.807, 2.05) is 19.9 Å². The van der Waals surface area contributed by atoms with Crippen molar-refractivity contribution in [1.29, 1.82) is 0 Å². The van der Waals surface area contributed by atoms with Gasteiger partial charge in [-0.15, -0.1) is 5.10 Å². The van der Waals surface area contributed by atoms with E-state index in [9.17, 15) is 9.59 Å². The number of nitrogens with zero attached hydrogens (tertiary/aromatic N) is 3. The van der Waals surface area contributed by atoms with E-state index in [1.54, 1.807) is 23.9 Å². The molecule has 148 valence electrons. The van der Waals surface area contributed by atoms with Crippen LogP contribution in [0.2, 0.25) is 0 Å². The average Bonchev–Trinajstić information content (AvgIpc) is 3.12. The van der Waals surface area contributed by atoms with Crippen LogP contribution in [0.3, 0.4) is 0 Å². The van der Waals surface area contributed by atoms with Gasteiger partial charge in [0.2, 0.25) is 0 Å². The standard InChI is InChI=1S/C20H24N4O4/c1-5-7-14-10-18(25)28-19-12(3)16(9-8-15(14)19)27-13(4)20(26)21-17-11-24(6-2)23-22-17/h8-11,13H,5-7H2,1-4H3,(H,21,26). The Bertz CT molecular complexity index is 1050. The van der Waals surface area contributed by atoms with Crippen LogP contribution in [0.1, 0.15) is 38.3 Å². The van der Waals surface area contributed by atoms with E-state index >= 15 is 0 Å². The van der Waals surface area contributed by atoms with Crippen molar-refractivity contribution >= 4 is 22.7 Å². The van der Waals surface area contributed by atoms with Crippen molar-refractivity contribution in [2.75, 3.05) is 5.32 Å². The van der Waals surface area contributed by atoms with Gasteiger partial charge in [0.1, 0.15) is 11.3 Å². The number of carbonyl (C=O) groups excluding carboxylic acids is 1. The van der Waals surface area contributed by atoms with Crippen molar-refractivity contribution in [2.45, 2.75) is 53.2 Å². The molecule has 1 N–H and O–H groups in total. The summed E-state index contributed by atoms with van der Waals surface area (Å²) in [6.07, 6.45) is 2.60. The minimum atomic E-state index is -0.770. The molecule has 0 spiro atoms. The second kappa shape index (κ2) is 8.24. The quantitative estimate of drug-likeness (QED) is 0.629. The summed E-state index contributed by atoms with van der Waals surface area (Å²) >= 11 is 0. The van der Waals surface area contributed by atoms with Crippen LogP contribution in [-0.4, -0.2) is 27.0 Å². The number of fused-ring (bicyclic) bond motifs is 1. The maximum atomic E-state index is 12.4. The predicted molar refractivity (Wildman–Crippen MR) is 106 cm³/mol. The lowest BCUT2D eigenvalue weighted by atomic mass is 10.0. The summed E-state index contributed by atoms with van der Waals surface area (Å²) in [5, 5.41) is 11.3. The highest BCUT2D eigenvalue weighted by Crippen LogP contribution is 2.29. The number of ether oxygens (including phenoxy) is 1. The van der Waals surface area contributed by atoms with Gasteiger partial charge in [-0.3, -0.25) is 9.48 Å². The van der Waals surface area contributed by atoms with Gasteiger partial charge in [0.25, 0.3) is 5.91 Å². The zero-order valence-corrected chi connectivity index (χ0v) is 16.5. The highest BCUT2D eigenvalue weighted by atomic mass is 16.5. The maximum Gasteiger partial charge on any atom is 0.336 e. The number of hydrogen-bond acceptors (Lipinski definition) is 6. The van der Waals surface area contributed by atoms with Gasteiger partial charge in [0.15, 0.2) is 11.9 Å². The molecule has 1 atom stereocenters. The Labute approximate surface area is 162 Å². The number of carbonyl (C=O) groups is 1. The second-order valence-electron chi connectivity index (χ2n) is 6.61. The van der Waals surface area contributed by atoms with E-state index in [-0.39, 0.29) is 11.5 Å². The summed E-state index contributed by atoms with van der Waals surface area (Å²) in [6, 6.07) is 5.20. The van der Waals surface area contributed by atoms with E-state index < -0.39 is 6.10 Å². The lowest BCUT2D eigenvalue weighted by Crippen LogP contribution is -2.30. The van der Waals surface area contributed by atoms with E-state index in [2.05, 4.69) is 22.6 Å². The summed E-state index contributed by atoms with van der Waals surface area (Å²) in [7, 11) is 0. The molecule has 0 fully saturated rings. The topological polar surface area (TPSA) is 99.2 Å². The predicted octanol–water partition coefficient (Wildman–Crippen LogP) is 3.07. The van der Waals surface area contributed by atoms with Gasteiger partial charge in [-0.05, 0) is 44.9 Å². The Hall–Kier alpha value is -3.16. The zero-order chi connectivity index (χ0) is 20.3. The lowest BCUT2D eigenvalue weighted by Gasteiger charge is -2.16. The number of rotatable bonds is 7. The smallest absolute Gasteiger partial charge is 0.336 e. The van der Waals surface area contributed by atoms with Gasteiger partial charge in [-0.2, -0.15) is 0 Å². The number of anilines is 1. The molecule has 8 heteroatoms. The molecule has 0 saturated heterocycles. The van der Waals surface area contributed by atoms with Crippen molar-refractivity contribution in [2.24, 2.45) is 0 Å². The molecule has 1 unspecified atom stereocenters. The third kappa shape index (κ3) is 4.05. The van der Waals surface area contributed by atoms with Crippen molar-refractivity contribution in [3.8, 4) is 5.75 Å². The van der Waals surface area contributed by atoms with Crippen molar-refractivity contribution in [1.82, 2.24) is 15.0 Å². The molecule has 8 nitrogen and oxygen atoms in total. The molecule has 0 aliphatic carbocycles. The Morgan fingerprint density at radius 2 is 2.14 bits per heavy atom. The molecule has 0 saturated carbocycles. The Morgan fingerprint density at radius 1 is 1.36 bits per heavy atom. The third-order valence-electron chi connectivity index (χ3n) is 4.50. The van der Waals surface area contributed by atoms with Gasteiger partial charge in [0.05, 0.1) is 6.20 Å². The van der Waals surface area contributed by atoms with Gasteiger partial charge >= 0.3 is 5.63 Å². The highest BCUT2D eigenvalue weighted by molar-refractivity contribution is 5.93. The fourth-order valence-corrected chi connectivity index (χ4v) is 2.99. The fraction of sp³-hybridized carbons (Fsp3) is 0.400. The Morgan fingerprint density at radius 3 is 2.82 bits per heavy atom. The number of amides is 1. The van der Waals surface area contributed by atoms with Crippen molar-refractivity contribution in [3.05, 3.63) is 45.9 Å². The van der Waals surface area contributed by atoms with E-state index in [0.717, 1.165) is 23.8 Å². The van der Waals surface area contributed by atoms with E-state index in [4.69, 9.17) is 9.15 Å². The number of nitrogens with one attached hydrogen (secondary N) is 1. The Balaban J connectivity index is 1.82. The van der Waals surface area contributed by atoms with Crippen LogP contribution in [0, 0.1) is 6.92 Å². The number of benzene rings is 1. The maximum absolute atomic E-state index is 12.4. The first kappa shape index (κ1) is 19.6. The average molecular weight is 384 g/mol. The van der Waals surface area contributed by atoms with Crippen LogP contribution in [0.5, 0.6) is 5.75 Å². The molecule has 0 bridgehead atoms. The number of hydrogen-bond donors (Lipinski definition) is 1. The molecule has 1 amide bonds. The van der Waals surface area contributed by atoms with Gasteiger partial charge in [0, 0.05) is 23.6 Å². The van der Waals surface area contributed by atoms with Crippen LogP contribution >= 0.6 is 0 Å². The first-order valence-electron chi connectivity index (χ1n) is 9.36. The summed E-state index contributed by atoms with van der Waals surface area (Å²) < 4.78 is 12.9. The molecular formula is C20H24N4O4. The number of aromatic nitrogens is 3. The minimum absolute atomic E-state index is 0.344. The zero-order valence-electron chi connectivity index (χ0n) is 16.5. The molecule has 0 radical (unpaired) electrons. The van der Waals surface area contributed by atoms with Crippen LogP contribution in [0.4, 0.5) is 5.82 Å². The van der Waals surface area contributed by atoms with Crippen LogP contribution in [0.25, 0.3) is 11.0 Å². The summed E-state index contributed by atoms with van der Waals surface area (Å²) in [4.78, 5) is 24.3. The molecule has 3 rings (SSSR count). The number of aryl methyl sites for hydroxylation is 3. The minimum Gasteiger partial charge on any atom is -0.480 e.